The molecule has 3 unspecified atom stereocenters. The Morgan fingerprint density at radius 2 is 1.92 bits per heavy atom. The van der Waals surface area contributed by atoms with Crippen molar-refractivity contribution in [2.45, 2.75) is 63.2 Å². The molecule has 0 bridgehead atoms. The van der Waals surface area contributed by atoms with E-state index in [1.807, 2.05) is 11.9 Å². The summed E-state index contributed by atoms with van der Waals surface area (Å²) in [5.41, 5.74) is 1.54. The molecule has 1 aromatic carbocycles. The molecule has 1 saturated carbocycles. The van der Waals surface area contributed by atoms with E-state index in [4.69, 9.17) is 0 Å². The summed E-state index contributed by atoms with van der Waals surface area (Å²) in [6.45, 7) is 7.08. The maximum absolute atomic E-state index is 15.1. The molecule has 1 aliphatic carbocycles. The van der Waals surface area contributed by atoms with Gasteiger partial charge in [-0.25, -0.2) is 0 Å². The number of benzene rings is 1. The number of halogens is 1. The zero-order valence-corrected chi connectivity index (χ0v) is 16.1. The molecule has 140 valence electrons. The second-order valence-corrected chi connectivity index (χ2v) is 8.97. The topological polar surface area (TPSA) is 35.6 Å². The molecule has 3 aliphatic rings. The third-order valence-corrected chi connectivity index (χ3v) is 6.14. The molecule has 0 aromatic heterocycles. The number of rotatable bonds is 1. The zero-order valence-electron chi connectivity index (χ0n) is 16.1. The Morgan fingerprint density at radius 1 is 1.23 bits per heavy atom. The van der Waals surface area contributed by atoms with Crippen LogP contribution in [-0.2, 0) is 10.2 Å². The Morgan fingerprint density at radius 3 is 2.58 bits per heavy atom. The average molecular weight is 357 g/mol. The molecule has 2 fully saturated rings. The maximum Gasteiger partial charge on any atom is 0.208 e. The predicted molar refractivity (Wildman–Crippen MR) is 100 cm³/mol. The van der Waals surface area contributed by atoms with Crippen molar-refractivity contribution < 1.29 is 9.18 Å². The summed E-state index contributed by atoms with van der Waals surface area (Å²) in [4.78, 5) is 16.5. The van der Waals surface area contributed by atoms with Gasteiger partial charge in [-0.1, -0.05) is 45.0 Å². The third kappa shape index (κ3) is 2.48. The van der Waals surface area contributed by atoms with Crippen molar-refractivity contribution in [2.75, 3.05) is 13.6 Å². The molecule has 4 rings (SSSR count). The summed E-state index contributed by atoms with van der Waals surface area (Å²) < 4.78 is 15.1. The van der Waals surface area contributed by atoms with Crippen molar-refractivity contribution in [1.82, 2.24) is 15.1 Å². The minimum absolute atomic E-state index is 0.0158. The molecule has 5 heteroatoms. The monoisotopic (exact) mass is 357 g/mol. The van der Waals surface area contributed by atoms with Crippen LogP contribution in [0.4, 0.5) is 4.39 Å². The van der Waals surface area contributed by atoms with Crippen LogP contribution in [-0.4, -0.2) is 40.8 Å². The van der Waals surface area contributed by atoms with Crippen molar-refractivity contribution in [3.63, 3.8) is 0 Å². The molecular weight excluding hydrogens is 329 g/mol. The molecular formula is C21H28FN3O. The van der Waals surface area contributed by atoms with Crippen LogP contribution in [0.1, 0.15) is 57.3 Å². The van der Waals surface area contributed by atoms with Crippen LogP contribution in [0.25, 0.3) is 0 Å². The number of hydrogen-bond donors (Lipinski definition) is 1. The van der Waals surface area contributed by atoms with E-state index in [1.165, 1.54) is 11.8 Å². The molecule has 1 saturated heterocycles. The first-order chi connectivity index (χ1) is 12.2. The van der Waals surface area contributed by atoms with Gasteiger partial charge in [-0.05, 0) is 29.4 Å². The second kappa shape index (κ2) is 5.81. The Bertz CT molecular complexity index is 752. The summed E-state index contributed by atoms with van der Waals surface area (Å²) in [5, 5.41) is 3.58. The fraction of sp³-hybridized carbons (Fsp3) is 0.571. The van der Waals surface area contributed by atoms with Crippen molar-refractivity contribution in [2.24, 2.45) is 0 Å². The van der Waals surface area contributed by atoms with E-state index < -0.39 is 5.54 Å². The van der Waals surface area contributed by atoms with Crippen molar-refractivity contribution in [3.05, 3.63) is 47.5 Å². The molecule has 4 nitrogen and oxygen atoms in total. The Labute approximate surface area is 155 Å². The van der Waals surface area contributed by atoms with E-state index in [1.54, 1.807) is 4.90 Å². The smallest absolute Gasteiger partial charge is 0.208 e. The molecule has 3 atom stereocenters. The van der Waals surface area contributed by atoms with Crippen LogP contribution in [0.2, 0.25) is 0 Å². The summed E-state index contributed by atoms with van der Waals surface area (Å²) in [5.74, 6) is -0.168. The number of nitrogens with zero attached hydrogens (tertiary/aromatic N) is 2. The van der Waals surface area contributed by atoms with E-state index in [2.05, 4.69) is 50.4 Å². The first-order valence-electron chi connectivity index (χ1n) is 9.50. The van der Waals surface area contributed by atoms with Crippen molar-refractivity contribution in [3.8, 4) is 0 Å². The molecule has 1 N–H and O–H groups in total. The molecule has 1 spiro atoms. The van der Waals surface area contributed by atoms with Gasteiger partial charge in [0.1, 0.15) is 11.7 Å². The lowest BCUT2D eigenvalue weighted by molar-refractivity contribution is -0.135. The molecule has 0 amide bonds. The van der Waals surface area contributed by atoms with Gasteiger partial charge in [-0.15, -0.1) is 0 Å². The Hall–Kier alpha value is -1.88. The van der Waals surface area contributed by atoms with Crippen LogP contribution >= 0.6 is 0 Å². The lowest BCUT2D eigenvalue weighted by Gasteiger charge is -2.48. The van der Waals surface area contributed by atoms with Crippen LogP contribution < -0.4 is 5.32 Å². The van der Waals surface area contributed by atoms with Gasteiger partial charge >= 0.3 is 0 Å². The highest BCUT2D eigenvalue weighted by atomic mass is 19.1. The van der Waals surface area contributed by atoms with Crippen molar-refractivity contribution in [1.29, 1.82) is 0 Å². The molecule has 2 aliphatic heterocycles. The standard InChI is InChI=1S/C21H28FN3O/c1-20(2,3)15-10-8-14(9-11-15)19-23-16-6-5-7-17(26)21(16)13-24(4)12-18(22)25(19)21/h8-12,16,19,23H,5-7,13H2,1-4H3. The van der Waals surface area contributed by atoms with Crippen molar-refractivity contribution >= 4 is 5.78 Å². The van der Waals surface area contributed by atoms with Crippen LogP contribution in [0.15, 0.2) is 36.4 Å². The largest absolute Gasteiger partial charge is 0.374 e. The number of hydrogen-bond acceptors (Lipinski definition) is 4. The second-order valence-electron chi connectivity index (χ2n) is 8.97. The van der Waals surface area contributed by atoms with Gasteiger partial charge < -0.3 is 9.80 Å². The SMILES string of the molecule is CN1C=C(F)N2C(c3ccc(C(C)(C)C)cc3)NC3CCCC(=O)C32C1. The summed E-state index contributed by atoms with van der Waals surface area (Å²) in [7, 11) is 1.84. The number of carbonyl (C=O) groups is 1. The van der Waals surface area contributed by atoms with E-state index >= 15 is 4.39 Å². The Balaban J connectivity index is 1.76. The molecule has 1 aromatic rings. The lowest BCUT2D eigenvalue weighted by atomic mass is 9.75. The molecule has 2 heterocycles. The van der Waals surface area contributed by atoms with Gasteiger partial charge in [0.15, 0.2) is 5.78 Å². The van der Waals surface area contributed by atoms with Gasteiger partial charge in [0.05, 0.1) is 6.20 Å². The molecule has 0 radical (unpaired) electrons. The Kier molecular flexibility index (Phi) is 3.92. The van der Waals surface area contributed by atoms with Crippen LogP contribution in [0.5, 0.6) is 0 Å². The first kappa shape index (κ1) is 17.5. The number of ketones is 1. The summed E-state index contributed by atoms with van der Waals surface area (Å²) in [6.07, 6.45) is 3.51. The maximum atomic E-state index is 15.1. The van der Waals surface area contributed by atoms with Gasteiger partial charge in [0, 0.05) is 26.1 Å². The van der Waals surface area contributed by atoms with Crippen LogP contribution in [0.3, 0.4) is 0 Å². The van der Waals surface area contributed by atoms with Gasteiger partial charge in [-0.3, -0.25) is 10.1 Å². The number of likely N-dealkylation sites (N-methyl/N-ethyl adjacent to an activating group) is 1. The average Bonchev–Trinajstić information content (AvgIpc) is 2.91. The first-order valence-corrected chi connectivity index (χ1v) is 9.50. The van der Waals surface area contributed by atoms with E-state index in [-0.39, 0.29) is 29.4 Å². The van der Waals surface area contributed by atoms with E-state index in [9.17, 15) is 4.79 Å². The fourth-order valence-corrected chi connectivity index (χ4v) is 4.80. The lowest BCUT2D eigenvalue weighted by Crippen LogP contribution is -2.65. The highest BCUT2D eigenvalue weighted by Crippen LogP contribution is 2.47. The quantitative estimate of drug-likeness (QED) is 0.781. The summed E-state index contributed by atoms with van der Waals surface area (Å²) in [6, 6.07) is 8.35. The minimum atomic E-state index is -0.792. The highest BCUT2D eigenvalue weighted by molar-refractivity contribution is 5.91. The van der Waals surface area contributed by atoms with E-state index in [0.717, 1.165) is 18.4 Å². The predicted octanol–water partition coefficient (Wildman–Crippen LogP) is 3.46. The van der Waals surface area contributed by atoms with Gasteiger partial charge in [0.25, 0.3) is 0 Å². The van der Waals surface area contributed by atoms with E-state index in [0.29, 0.717) is 13.0 Å². The third-order valence-electron chi connectivity index (χ3n) is 6.14. The number of nitrogens with one attached hydrogen (secondary N) is 1. The highest BCUT2D eigenvalue weighted by Gasteiger charge is 2.61. The normalized spacial score (nSPS) is 31.6. The minimum Gasteiger partial charge on any atom is -0.374 e. The number of carbonyl (C=O) groups excluding carboxylic acids is 1. The fourth-order valence-electron chi connectivity index (χ4n) is 4.80. The number of Topliss-reactive ketones (excluding diaryl/α,β-unsaturated/α-hetero) is 1. The van der Waals surface area contributed by atoms with Gasteiger partial charge in [0.2, 0.25) is 5.95 Å². The zero-order chi connectivity index (χ0) is 18.7. The van der Waals surface area contributed by atoms with Gasteiger partial charge in [-0.2, -0.15) is 4.39 Å². The summed E-state index contributed by atoms with van der Waals surface area (Å²) >= 11 is 0. The van der Waals surface area contributed by atoms with Crippen LogP contribution in [0, 0.1) is 0 Å². The molecule has 26 heavy (non-hydrogen) atoms.